The van der Waals surface area contributed by atoms with E-state index in [1.165, 1.54) is 0 Å². The number of nitrogens with zero attached hydrogens (tertiary/aromatic N) is 1. The number of anilines is 1. The number of allylic oxidation sites excluding steroid dienone is 2. The first-order valence-electron chi connectivity index (χ1n) is 10.9. The molecule has 2 aromatic rings. The monoisotopic (exact) mass is 424 g/mol. The predicted octanol–water partition coefficient (Wildman–Crippen LogP) is 4.70. The summed E-state index contributed by atoms with van der Waals surface area (Å²) in [7, 11) is -3.42. The van der Waals surface area contributed by atoms with Crippen molar-refractivity contribution in [3.63, 3.8) is 0 Å². The van der Waals surface area contributed by atoms with Gasteiger partial charge in [-0.05, 0) is 61.9 Å². The van der Waals surface area contributed by atoms with Gasteiger partial charge in [-0.2, -0.15) is 4.31 Å². The van der Waals surface area contributed by atoms with Gasteiger partial charge in [0.2, 0.25) is 10.0 Å². The van der Waals surface area contributed by atoms with Crippen LogP contribution in [-0.4, -0.2) is 32.4 Å². The van der Waals surface area contributed by atoms with Crippen LogP contribution in [0.1, 0.15) is 49.3 Å². The fourth-order valence-electron chi connectivity index (χ4n) is 5.14. The lowest BCUT2D eigenvalue weighted by atomic mass is 9.77. The highest BCUT2D eigenvalue weighted by molar-refractivity contribution is 7.89. The molecule has 0 radical (unpaired) electrons. The van der Waals surface area contributed by atoms with Crippen LogP contribution in [-0.2, 0) is 10.0 Å². The lowest BCUT2D eigenvalue weighted by molar-refractivity contribution is 0.326. The topological polar surface area (TPSA) is 58.6 Å². The van der Waals surface area contributed by atoms with Crippen molar-refractivity contribution in [2.24, 2.45) is 5.92 Å². The number of benzene rings is 2. The summed E-state index contributed by atoms with van der Waals surface area (Å²) in [6, 6.07) is 13.9. The van der Waals surface area contributed by atoms with Crippen molar-refractivity contribution in [2.75, 3.05) is 25.0 Å². The molecule has 1 N–H and O–H groups in total. The van der Waals surface area contributed by atoms with Gasteiger partial charge in [0.15, 0.2) is 0 Å². The summed E-state index contributed by atoms with van der Waals surface area (Å²) >= 11 is 0. The summed E-state index contributed by atoms with van der Waals surface area (Å²) in [6.07, 6.45) is 7.32. The first kappa shape index (κ1) is 19.6. The number of nitrogens with one attached hydrogen (secondary N) is 1. The molecule has 5 rings (SSSR count). The average Bonchev–Trinajstić information content (AvgIpc) is 3.46. The molecule has 5 nitrogen and oxygen atoms in total. The van der Waals surface area contributed by atoms with Crippen LogP contribution >= 0.6 is 0 Å². The summed E-state index contributed by atoms with van der Waals surface area (Å²) in [6.45, 7) is 3.88. The van der Waals surface area contributed by atoms with Gasteiger partial charge in [-0.1, -0.05) is 30.4 Å². The van der Waals surface area contributed by atoms with Gasteiger partial charge in [0.05, 0.1) is 17.5 Å². The molecule has 3 unspecified atom stereocenters. The van der Waals surface area contributed by atoms with E-state index in [4.69, 9.17) is 4.74 Å². The van der Waals surface area contributed by atoms with Crippen molar-refractivity contribution in [1.29, 1.82) is 0 Å². The molecule has 3 aliphatic rings. The number of sulfonamides is 1. The third-order valence-electron chi connectivity index (χ3n) is 6.59. The Bertz CT molecular complexity index is 1070. The fourth-order valence-corrected chi connectivity index (χ4v) is 6.70. The van der Waals surface area contributed by atoms with E-state index in [1.807, 2.05) is 31.2 Å². The van der Waals surface area contributed by atoms with Gasteiger partial charge in [-0.15, -0.1) is 0 Å². The van der Waals surface area contributed by atoms with Gasteiger partial charge in [-0.3, -0.25) is 0 Å². The molecule has 30 heavy (non-hydrogen) atoms. The minimum atomic E-state index is -3.42. The number of hydrogen-bond donors (Lipinski definition) is 1. The highest BCUT2D eigenvalue weighted by Crippen LogP contribution is 2.51. The first-order chi connectivity index (χ1) is 14.6. The fraction of sp³-hybridized carbons (Fsp3) is 0.417. The van der Waals surface area contributed by atoms with Crippen molar-refractivity contribution < 1.29 is 13.2 Å². The van der Waals surface area contributed by atoms with Gasteiger partial charge in [0, 0.05) is 30.3 Å². The smallest absolute Gasteiger partial charge is 0.243 e. The van der Waals surface area contributed by atoms with Gasteiger partial charge >= 0.3 is 0 Å². The standard InChI is InChI=1S/C24H28N2O3S/c1-2-29-23-11-4-3-8-20(23)24-19-10-7-9-18(19)21-16-17(12-13-22(21)25-24)30(27,28)26-14-5-6-15-26/h3-4,7-9,11-13,16,18-19,24-25H,2,5-6,10,14-15H2,1H3. The normalized spacial score (nSPS) is 25.6. The van der Waals surface area contributed by atoms with Crippen LogP contribution in [0.25, 0.3) is 0 Å². The molecule has 0 amide bonds. The third kappa shape index (κ3) is 3.22. The molecule has 1 saturated heterocycles. The van der Waals surface area contributed by atoms with E-state index in [9.17, 15) is 8.42 Å². The maximum Gasteiger partial charge on any atom is 0.243 e. The van der Waals surface area contributed by atoms with E-state index in [0.717, 1.165) is 41.8 Å². The Labute approximate surface area is 178 Å². The highest BCUT2D eigenvalue weighted by Gasteiger charge is 2.40. The number of ether oxygens (including phenoxy) is 1. The molecular formula is C24H28N2O3S. The second-order valence-electron chi connectivity index (χ2n) is 8.31. The molecule has 0 aromatic heterocycles. The lowest BCUT2D eigenvalue weighted by Gasteiger charge is -2.38. The SMILES string of the molecule is CCOc1ccccc1C1Nc2ccc(S(=O)(=O)N3CCCC3)cc2C2C=CCC21. The molecule has 2 aromatic carbocycles. The third-order valence-corrected chi connectivity index (χ3v) is 8.49. The Morgan fingerprint density at radius 3 is 2.70 bits per heavy atom. The number of para-hydroxylation sites is 1. The summed E-state index contributed by atoms with van der Waals surface area (Å²) in [4.78, 5) is 0.414. The van der Waals surface area contributed by atoms with Crippen LogP contribution in [0.4, 0.5) is 5.69 Å². The Kier molecular flexibility index (Phi) is 5.07. The van der Waals surface area contributed by atoms with Gasteiger partial charge in [0.1, 0.15) is 5.75 Å². The maximum atomic E-state index is 13.1. The van der Waals surface area contributed by atoms with E-state index in [1.54, 1.807) is 10.4 Å². The average molecular weight is 425 g/mol. The Balaban J connectivity index is 1.53. The summed E-state index contributed by atoms with van der Waals surface area (Å²) in [5.74, 6) is 1.46. The van der Waals surface area contributed by atoms with Crippen LogP contribution < -0.4 is 10.1 Å². The van der Waals surface area contributed by atoms with Crippen LogP contribution in [0.5, 0.6) is 5.75 Å². The van der Waals surface area contributed by atoms with E-state index in [0.29, 0.717) is 30.5 Å². The number of hydrogen-bond acceptors (Lipinski definition) is 4. The zero-order valence-electron chi connectivity index (χ0n) is 17.3. The van der Waals surface area contributed by atoms with Crippen LogP contribution in [0.2, 0.25) is 0 Å². The van der Waals surface area contributed by atoms with Gasteiger partial charge < -0.3 is 10.1 Å². The minimum absolute atomic E-state index is 0.126. The predicted molar refractivity (Wildman–Crippen MR) is 118 cm³/mol. The Morgan fingerprint density at radius 2 is 1.90 bits per heavy atom. The largest absolute Gasteiger partial charge is 0.494 e. The summed E-state index contributed by atoms with van der Waals surface area (Å²) in [5, 5.41) is 3.70. The van der Waals surface area contributed by atoms with Crippen molar-refractivity contribution in [3.8, 4) is 5.75 Å². The molecule has 0 saturated carbocycles. The van der Waals surface area contributed by atoms with Gasteiger partial charge in [-0.25, -0.2) is 8.42 Å². The molecule has 3 atom stereocenters. The lowest BCUT2D eigenvalue weighted by Crippen LogP contribution is -2.31. The number of fused-ring (bicyclic) bond motifs is 3. The zero-order valence-corrected chi connectivity index (χ0v) is 18.1. The van der Waals surface area contributed by atoms with Crippen LogP contribution in [0, 0.1) is 5.92 Å². The number of rotatable bonds is 5. The molecule has 158 valence electrons. The van der Waals surface area contributed by atoms with Crippen LogP contribution in [0.3, 0.4) is 0 Å². The van der Waals surface area contributed by atoms with Crippen LogP contribution in [0.15, 0.2) is 59.5 Å². The second-order valence-corrected chi connectivity index (χ2v) is 10.2. The molecule has 6 heteroatoms. The Morgan fingerprint density at radius 1 is 1.10 bits per heavy atom. The molecule has 1 aliphatic carbocycles. The van der Waals surface area contributed by atoms with Gasteiger partial charge in [0.25, 0.3) is 0 Å². The molecule has 2 aliphatic heterocycles. The second kappa shape index (κ2) is 7.75. The molecular weight excluding hydrogens is 396 g/mol. The van der Waals surface area contributed by atoms with Crippen molar-refractivity contribution in [1.82, 2.24) is 4.31 Å². The molecule has 2 heterocycles. The first-order valence-corrected chi connectivity index (χ1v) is 12.3. The maximum absolute atomic E-state index is 13.1. The van der Waals surface area contributed by atoms with Crippen molar-refractivity contribution in [3.05, 3.63) is 65.7 Å². The van der Waals surface area contributed by atoms with E-state index < -0.39 is 10.0 Å². The summed E-state index contributed by atoms with van der Waals surface area (Å²) < 4.78 is 33.7. The highest BCUT2D eigenvalue weighted by atomic mass is 32.2. The summed E-state index contributed by atoms with van der Waals surface area (Å²) in [5.41, 5.74) is 3.26. The van der Waals surface area contributed by atoms with E-state index >= 15 is 0 Å². The molecule has 0 spiro atoms. The zero-order chi connectivity index (χ0) is 20.7. The Hall–Kier alpha value is -2.31. The van der Waals surface area contributed by atoms with E-state index in [-0.39, 0.29) is 12.0 Å². The molecule has 0 bridgehead atoms. The molecule has 1 fully saturated rings. The minimum Gasteiger partial charge on any atom is -0.494 e. The van der Waals surface area contributed by atoms with Crippen molar-refractivity contribution in [2.45, 2.75) is 43.0 Å². The quantitative estimate of drug-likeness (QED) is 0.707. The van der Waals surface area contributed by atoms with E-state index in [2.05, 4.69) is 29.6 Å². The van der Waals surface area contributed by atoms with Crippen molar-refractivity contribution >= 4 is 15.7 Å².